The van der Waals surface area contributed by atoms with Gasteiger partial charge in [0.15, 0.2) is 0 Å². The van der Waals surface area contributed by atoms with Crippen LogP contribution in [0, 0.1) is 5.82 Å². The van der Waals surface area contributed by atoms with Crippen molar-refractivity contribution in [3.8, 4) is 11.1 Å². The van der Waals surface area contributed by atoms with Gasteiger partial charge in [-0.1, -0.05) is 53.5 Å². The molecule has 0 saturated carbocycles. The SMILES string of the molecule is CCCc1ccc(-c2ccc(Br)cc2)c(F)c1. The Bertz CT molecular complexity index is 503. The molecule has 88 valence electrons. The van der Waals surface area contributed by atoms with Gasteiger partial charge in [0.05, 0.1) is 0 Å². The first-order valence-corrected chi connectivity index (χ1v) is 6.54. The van der Waals surface area contributed by atoms with Gasteiger partial charge in [-0.25, -0.2) is 4.39 Å². The van der Waals surface area contributed by atoms with E-state index in [0.717, 1.165) is 28.4 Å². The summed E-state index contributed by atoms with van der Waals surface area (Å²) >= 11 is 3.37. The highest BCUT2D eigenvalue weighted by Gasteiger charge is 2.05. The Kier molecular flexibility index (Phi) is 3.95. The molecule has 2 rings (SSSR count). The van der Waals surface area contributed by atoms with Crippen molar-refractivity contribution < 1.29 is 4.39 Å². The first-order valence-electron chi connectivity index (χ1n) is 5.75. The number of aryl methyl sites for hydroxylation is 1. The molecule has 0 atom stereocenters. The maximum absolute atomic E-state index is 13.9. The first-order chi connectivity index (χ1) is 8.20. The molecule has 0 radical (unpaired) electrons. The predicted molar refractivity (Wildman–Crippen MR) is 73.5 cm³/mol. The quantitative estimate of drug-likeness (QED) is 0.729. The summed E-state index contributed by atoms with van der Waals surface area (Å²) in [6.07, 6.45) is 1.97. The van der Waals surface area contributed by atoms with Crippen molar-refractivity contribution in [1.82, 2.24) is 0 Å². The van der Waals surface area contributed by atoms with E-state index >= 15 is 0 Å². The number of halogens is 2. The zero-order chi connectivity index (χ0) is 12.3. The molecule has 0 fully saturated rings. The summed E-state index contributed by atoms with van der Waals surface area (Å²) in [5, 5.41) is 0. The molecule has 0 aliphatic carbocycles. The smallest absolute Gasteiger partial charge is 0.131 e. The Hall–Kier alpha value is -1.15. The fourth-order valence-corrected chi connectivity index (χ4v) is 2.13. The van der Waals surface area contributed by atoms with E-state index in [9.17, 15) is 4.39 Å². The minimum Gasteiger partial charge on any atom is -0.206 e. The molecule has 0 spiro atoms. The van der Waals surface area contributed by atoms with Crippen LogP contribution in [0.2, 0.25) is 0 Å². The zero-order valence-electron chi connectivity index (χ0n) is 9.71. The molecule has 2 heteroatoms. The Labute approximate surface area is 110 Å². The van der Waals surface area contributed by atoms with Crippen LogP contribution in [0.15, 0.2) is 46.9 Å². The lowest BCUT2D eigenvalue weighted by Crippen LogP contribution is -1.89. The van der Waals surface area contributed by atoms with Gasteiger partial charge in [-0.05, 0) is 35.7 Å². The van der Waals surface area contributed by atoms with E-state index in [1.54, 1.807) is 6.07 Å². The Morgan fingerprint density at radius 1 is 1.06 bits per heavy atom. The molecule has 0 nitrogen and oxygen atoms in total. The predicted octanol–water partition coefficient (Wildman–Crippen LogP) is 5.21. The van der Waals surface area contributed by atoms with Crippen LogP contribution in [0.25, 0.3) is 11.1 Å². The summed E-state index contributed by atoms with van der Waals surface area (Å²) in [5.41, 5.74) is 2.64. The average Bonchev–Trinajstić information content (AvgIpc) is 2.31. The third-order valence-corrected chi connectivity index (χ3v) is 3.26. The van der Waals surface area contributed by atoms with E-state index in [1.807, 2.05) is 36.4 Å². The molecule has 0 amide bonds. The highest BCUT2D eigenvalue weighted by Crippen LogP contribution is 2.25. The van der Waals surface area contributed by atoms with Crippen molar-refractivity contribution in [3.63, 3.8) is 0 Å². The normalized spacial score (nSPS) is 10.5. The summed E-state index contributed by atoms with van der Waals surface area (Å²) in [6, 6.07) is 13.2. The van der Waals surface area contributed by atoms with Gasteiger partial charge in [0.25, 0.3) is 0 Å². The highest BCUT2D eigenvalue weighted by atomic mass is 79.9. The van der Waals surface area contributed by atoms with Gasteiger partial charge in [0.2, 0.25) is 0 Å². The van der Waals surface area contributed by atoms with Crippen LogP contribution in [0.3, 0.4) is 0 Å². The Balaban J connectivity index is 2.36. The van der Waals surface area contributed by atoms with Crippen molar-refractivity contribution in [3.05, 3.63) is 58.3 Å². The number of hydrogen-bond donors (Lipinski definition) is 0. The summed E-state index contributed by atoms with van der Waals surface area (Å²) in [7, 11) is 0. The minimum atomic E-state index is -0.140. The summed E-state index contributed by atoms with van der Waals surface area (Å²) in [6.45, 7) is 2.10. The van der Waals surface area contributed by atoms with Crippen molar-refractivity contribution >= 4 is 15.9 Å². The summed E-state index contributed by atoms with van der Waals surface area (Å²) in [5.74, 6) is -0.140. The van der Waals surface area contributed by atoms with Gasteiger partial charge in [-0.15, -0.1) is 0 Å². The summed E-state index contributed by atoms with van der Waals surface area (Å²) < 4.78 is 15.0. The van der Waals surface area contributed by atoms with Gasteiger partial charge in [-0.2, -0.15) is 0 Å². The molecule has 0 bridgehead atoms. The fraction of sp³-hybridized carbons (Fsp3) is 0.200. The van der Waals surface area contributed by atoms with E-state index in [0.29, 0.717) is 5.56 Å². The van der Waals surface area contributed by atoms with Crippen LogP contribution in [0.1, 0.15) is 18.9 Å². The molecule has 0 aromatic heterocycles. The lowest BCUT2D eigenvalue weighted by Gasteiger charge is -2.06. The van der Waals surface area contributed by atoms with Crippen LogP contribution in [-0.4, -0.2) is 0 Å². The molecule has 0 N–H and O–H groups in total. The standard InChI is InChI=1S/C15H14BrF/c1-2-3-11-4-9-14(15(17)10-11)12-5-7-13(16)8-6-12/h4-10H,2-3H2,1H3. The van der Waals surface area contributed by atoms with Crippen molar-refractivity contribution in [2.45, 2.75) is 19.8 Å². The fourth-order valence-electron chi connectivity index (χ4n) is 1.87. The van der Waals surface area contributed by atoms with Crippen molar-refractivity contribution in [2.24, 2.45) is 0 Å². The highest BCUT2D eigenvalue weighted by molar-refractivity contribution is 9.10. The molecule has 0 aliphatic rings. The number of hydrogen-bond acceptors (Lipinski definition) is 0. The van der Waals surface area contributed by atoms with E-state index < -0.39 is 0 Å². The third-order valence-electron chi connectivity index (χ3n) is 2.73. The summed E-state index contributed by atoms with van der Waals surface area (Å²) in [4.78, 5) is 0. The Morgan fingerprint density at radius 2 is 1.76 bits per heavy atom. The number of benzene rings is 2. The molecule has 0 heterocycles. The average molecular weight is 293 g/mol. The first kappa shape index (κ1) is 12.3. The van der Waals surface area contributed by atoms with Gasteiger partial charge in [0.1, 0.15) is 5.82 Å². The molecule has 0 saturated heterocycles. The molecule has 17 heavy (non-hydrogen) atoms. The zero-order valence-corrected chi connectivity index (χ0v) is 11.3. The maximum atomic E-state index is 13.9. The monoisotopic (exact) mass is 292 g/mol. The van der Waals surface area contributed by atoms with E-state index in [1.165, 1.54) is 0 Å². The second-order valence-corrected chi connectivity index (χ2v) is 4.99. The van der Waals surface area contributed by atoms with Crippen LogP contribution >= 0.6 is 15.9 Å². The molecule has 2 aromatic carbocycles. The van der Waals surface area contributed by atoms with Gasteiger partial charge < -0.3 is 0 Å². The van der Waals surface area contributed by atoms with Crippen LogP contribution in [0.4, 0.5) is 4.39 Å². The van der Waals surface area contributed by atoms with Crippen molar-refractivity contribution in [2.75, 3.05) is 0 Å². The maximum Gasteiger partial charge on any atom is 0.131 e. The topological polar surface area (TPSA) is 0 Å². The molecular formula is C15H14BrF. The van der Waals surface area contributed by atoms with E-state index in [4.69, 9.17) is 0 Å². The van der Waals surface area contributed by atoms with Gasteiger partial charge >= 0.3 is 0 Å². The van der Waals surface area contributed by atoms with Gasteiger partial charge in [-0.3, -0.25) is 0 Å². The van der Waals surface area contributed by atoms with Crippen LogP contribution < -0.4 is 0 Å². The van der Waals surface area contributed by atoms with Gasteiger partial charge in [0, 0.05) is 10.0 Å². The second kappa shape index (κ2) is 5.46. The van der Waals surface area contributed by atoms with Crippen LogP contribution in [-0.2, 0) is 6.42 Å². The lowest BCUT2D eigenvalue weighted by molar-refractivity contribution is 0.628. The Morgan fingerprint density at radius 3 is 2.35 bits per heavy atom. The minimum absolute atomic E-state index is 0.140. The molecular weight excluding hydrogens is 279 g/mol. The van der Waals surface area contributed by atoms with Crippen LogP contribution in [0.5, 0.6) is 0 Å². The van der Waals surface area contributed by atoms with Crippen molar-refractivity contribution in [1.29, 1.82) is 0 Å². The lowest BCUT2D eigenvalue weighted by atomic mass is 10.0. The largest absolute Gasteiger partial charge is 0.206 e. The second-order valence-electron chi connectivity index (χ2n) is 4.07. The van der Waals surface area contributed by atoms with E-state index in [-0.39, 0.29) is 5.82 Å². The molecule has 2 aromatic rings. The molecule has 0 aliphatic heterocycles. The molecule has 0 unspecified atom stereocenters. The van der Waals surface area contributed by atoms with E-state index in [2.05, 4.69) is 22.9 Å². The third kappa shape index (κ3) is 2.95. The number of rotatable bonds is 3.